The monoisotopic (exact) mass is 241 g/mol. The molecule has 0 aromatic rings. The van der Waals surface area contributed by atoms with E-state index in [1.54, 1.807) is 0 Å². The normalized spacial score (nSPS) is 23.7. The van der Waals surface area contributed by atoms with Gasteiger partial charge in [0, 0.05) is 13.1 Å². The van der Waals surface area contributed by atoms with E-state index in [1.807, 2.05) is 6.92 Å². The fourth-order valence-electron chi connectivity index (χ4n) is 2.26. The van der Waals surface area contributed by atoms with Gasteiger partial charge in [-0.05, 0) is 44.7 Å². The van der Waals surface area contributed by atoms with Crippen LogP contribution in [0.3, 0.4) is 0 Å². The molecular formula is C13H27N3O. The molecule has 100 valence electrons. The van der Waals surface area contributed by atoms with Gasteiger partial charge in [0.25, 0.3) is 0 Å². The molecule has 1 saturated heterocycles. The Morgan fingerprint density at radius 3 is 2.76 bits per heavy atom. The van der Waals surface area contributed by atoms with Crippen LogP contribution in [0.5, 0.6) is 0 Å². The van der Waals surface area contributed by atoms with Crippen molar-refractivity contribution < 1.29 is 4.79 Å². The Labute approximate surface area is 105 Å². The van der Waals surface area contributed by atoms with Crippen LogP contribution in [0.15, 0.2) is 0 Å². The molecule has 1 heterocycles. The van der Waals surface area contributed by atoms with E-state index < -0.39 is 0 Å². The molecule has 17 heavy (non-hydrogen) atoms. The fourth-order valence-corrected chi connectivity index (χ4v) is 2.26. The largest absolute Gasteiger partial charge is 0.354 e. The van der Waals surface area contributed by atoms with Crippen LogP contribution in [0.1, 0.15) is 33.6 Å². The summed E-state index contributed by atoms with van der Waals surface area (Å²) in [5, 5.41) is 3.00. The molecule has 0 bridgehead atoms. The molecule has 1 rings (SSSR count). The second-order valence-electron chi connectivity index (χ2n) is 5.55. The predicted octanol–water partition coefficient (Wildman–Crippen LogP) is 0.818. The summed E-state index contributed by atoms with van der Waals surface area (Å²) >= 11 is 0. The first-order valence-corrected chi connectivity index (χ1v) is 6.76. The van der Waals surface area contributed by atoms with Gasteiger partial charge >= 0.3 is 0 Å². The zero-order valence-electron chi connectivity index (χ0n) is 11.4. The maximum atomic E-state index is 12.0. The van der Waals surface area contributed by atoms with Gasteiger partial charge in [0.1, 0.15) is 0 Å². The van der Waals surface area contributed by atoms with Gasteiger partial charge in [-0.15, -0.1) is 0 Å². The van der Waals surface area contributed by atoms with Gasteiger partial charge in [-0.1, -0.05) is 13.8 Å². The molecule has 2 atom stereocenters. The average Bonchev–Trinajstić information content (AvgIpc) is 2.35. The van der Waals surface area contributed by atoms with Crippen LogP contribution in [0.4, 0.5) is 0 Å². The van der Waals surface area contributed by atoms with E-state index in [9.17, 15) is 4.79 Å². The van der Waals surface area contributed by atoms with Crippen LogP contribution >= 0.6 is 0 Å². The molecule has 0 saturated carbocycles. The molecule has 2 unspecified atom stereocenters. The highest BCUT2D eigenvalue weighted by Crippen LogP contribution is 2.17. The molecule has 1 aliphatic heterocycles. The van der Waals surface area contributed by atoms with E-state index >= 15 is 0 Å². The molecule has 1 fully saturated rings. The molecule has 0 aromatic heterocycles. The zero-order valence-corrected chi connectivity index (χ0v) is 11.4. The number of nitrogens with two attached hydrogens (primary N) is 1. The third kappa shape index (κ3) is 4.64. The molecule has 4 nitrogen and oxygen atoms in total. The van der Waals surface area contributed by atoms with E-state index in [-0.39, 0.29) is 11.9 Å². The first-order chi connectivity index (χ1) is 8.04. The third-order valence-electron chi connectivity index (χ3n) is 3.50. The second kappa shape index (κ2) is 6.97. The van der Waals surface area contributed by atoms with E-state index in [4.69, 9.17) is 5.73 Å². The minimum atomic E-state index is -0.0249. The van der Waals surface area contributed by atoms with Crippen molar-refractivity contribution >= 4 is 5.91 Å². The molecule has 0 radical (unpaired) electrons. The minimum absolute atomic E-state index is 0.0249. The van der Waals surface area contributed by atoms with Gasteiger partial charge in [0.2, 0.25) is 5.91 Å². The van der Waals surface area contributed by atoms with Crippen LogP contribution in [0.25, 0.3) is 0 Å². The molecular weight excluding hydrogens is 214 g/mol. The summed E-state index contributed by atoms with van der Waals surface area (Å²) < 4.78 is 0. The van der Waals surface area contributed by atoms with Gasteiger partial charge in [-0.25, -0.2) is 0 Å². The number of rotatable bonds is 5. The Hall–Kier alpha value is -0.610. The number of likely N-dealkylation sites (tertiary alicyclic amines) is 1. The van der Waals surface area contributed by atoms with Crippen LogP contribution in [0, 0.1) is 11.8 Å². The average molecular weight is 241 g/mol. The van der Waals surface area contributed by atoms with Crippen molar-refractivity contribution in [1.82, 2.24) is 10.2 Å². The first-order valence-electron chi connectivity index (χ1n) is 6.76. The van der Waals surface area contributed by atoms with Gasteiger partial charge in [-0.3, -0.25) is 9.69 Å². The van der Waals surface area contributed by atoms with Crippen LogP contribution in [0.2, 0.25) is 0 Å². The lowest BCUT2D eigenvalue weighted by Gasteiger charge is -2.35. The van der Waals surface area contributed by atoms with Crippen molar-refractivity contribution in [2.24, 2.45) is 17.6 Å². The first kappa shape index (κ1) is 14.5. The Balaban J connectivity index is 2.39. The Morgan fingerprint density at radius 1 is 1.47 bits per heavy atom. The number of carbonyl (C=O) groups excluding carboxylic acids is 1. The lowest BCUT2D eigenvalue weighted by molar-refractivity contribution is -0.126. The van der Waals surface area contributed by atoms with Crippen LogP contribution in [-0.4, -0.2) is 43.0 Å². The predicted molar refractivity (Wildman–Crippen MR) is 70.7 cm³/mol. The molecule has 4 heteroatoms. The zero-order chi connectivity index (χ0) is 12.8. The summed E-state index contributed by atoms with van der Waals surface area (Å²) in [6, 6.07) is -0.0249. The number of amides is 1. The quantitative estimate of drug-likeness (QED) is 0.749. The van der Waals surface area contributed by atoms with Gasteiger partial charge in [0.05, 0.1) is 6.04 Å². The number of carbonyl (C=O) groups is 1. The van der Waals surface area contributed by atoms with Crippen LogP contribution in [-0.2, 0) is 4.79 Å². The highest BCUT2D eigenvalue weighted by atomic mass is 16.2. The summed E-state index contributed by atoms with van der Waals surface area (Å²) in [6.07, 6.45) is 2.36. The minimum Gasteiger partial charge on any atom is -0.354 e. The molecule has 0 aliphatic carbocycles. The van der Waals surface area contributed by atoms with Crippen molar-refractivity contribution in [3.63, 3.8) is 0 Å². The molecule has 0 spiro atoms. The summed E-state index contributed by atoms with van der Waals surface area (Å²) in [7, 11) is 0. The molecule has 1 aliphatic rings. The van der Waals surface area contributed by atoms with Gasteiger partial charge < -0.3 is 11.1 Å². The maximum absolute atomic E-state index is 12.0. The lowest BCUT2D eigenvalue weighted by Crippen LogP contribution is -2.50. The Kier molecular flexibility index (Phi) is 5.92. The van der Waals surface area contributed by atoms with Crippen molar-refractivity contribution in [2.45, 2.75) is 39.7 Å². The standard InChI is InChI=1S/C13H27N3O/c1-10(2)8-15-13(17)11(3)16-6-4-5-12(7-14)9-16/h10-12H,4-9,14H2,1-3H3,(H,15,17). The third-order valence-corrected chi connectivity index (χ3v) is 3.50. The summed E-state index contributed by atoms with van der Waals surface area (Å²) in [6.45, 7) is 9.69. The van der Waals surface area contributed by atoms with E-state index in [0.717, 1.165) is 32.6 Å². The molecule has 3 N–H and O–H groups in total. The smallest absolute Gasteiger partial charge is 0.237 e. The van der Waals surface area contributed by atoms with Gasteiger partial charge in [0.15, 0.2) is 0 Å². The van der Waals surface area contributed by atoms with E-state index in [0.29, 0.717) is 11.8 Å². The number of piperidine rings is 1. The maximum Gasteiger partial charge on any atom is 0.237 e. The number of hydrogen-bond acceptors (Lipinski definition) is 3. The van der Waals surface area contributed by atoms with Crippen molar-refractivity contribution in [1.29, 1.82) is 0 Å². The lowest BCUT2D eigenvalue weighted by atomic mass is 9.97. The Bertz CT molecular complexity index is 243. The van der Waals surface area contributed by atoms with Crippen molar-refractivity contribution in [3.05, 3.63) is 0 Å². The summed E-state index contributed by atoms with van der Waals surface area (Å²) in [5.41, 5.74) is 5.71. The number of nitrogens with zero attached hydrogens (tertiary/aromatic N) is 1. The van der Waals surface area contributed by atoms with E-state index in [1.165, 1.54) is 6.42 Å². The van der Waals surface area contributed by atoms with Crippen LogP contribution < -0.4 is 11.1 Å². The van der Waals surface area contributed by atoms with Gasteiger partial charge in [-0.2, -0.15) is 0 Å². The summed E-state index contributed by atoms with van der Waals surface area (Å²) in [5.74, 6) is 1.21. The van der Waals surface area contributed by atoms with Crippen molar-refractivity contribution in [2.75, 3.05) is 26.2 Å². The topological polar surface area (TPSA) is 58.4 Å². The fraction of sp³-hybridized carbons (Fsp3) is 0.923. The van der Waals surface area contributed by atoms with Crippen molar-refractivity contribution in [3.8, 4) is 0 Å². The SMILES string of the molecule is CC(C)CNC(=O)C(C)N1CCCC(CN)C1. The number of hydrogen-bond donors (Lipinski definition) is 2. The highest BCUT2D eigenvalue weighted by molar-refractivity contribution is 5.81. The second-order valence-corrected chi connectivity index (χ2v) is 5.55. The molecule has 1 amide bonds. The number of nitrogens with one attached hydrogen (secondary N) is 1. The Morgan fingerprint density at radius 2 is 2.18 bits per heavy atom. The molecule has 0 aromatic carbocycles. The van der Waals surface area contributed by atoms with E-state index in [2.05, 4.69) is 24.1 Å². The summed E-state index contributed by atoms with van der Waals surface area (Å²) in [4.78, 5) is 14.2. The highest BCUT2D eigenvalue weighted by Gasteiger charge is 2.26.